The number of aryl methyl sites for hydroxylation is 1. The highest BCUT2D eigenvalue weighted by Crippen LogP contribution is 2.14. The second-order valence-corrected chi connectivity index (χ2v) is 7.14. The first kappa shape index (κ1) is 19.8. The Hall–Kier alpha value is -2.92. The molecule has 1 fully saturated rings. The second-order valence-electron chi connectivity index (χ2n) is 7.14. The van der Waals surface area contributed by atoms with E-state index in [2.05, 4.69) is 41.4 Å². The minimum absolute atomic E-state index is 0.130. The fourth-order valence-electron chi connectivity index (χ4n) is 3.36. The fraction of sp³-hybridized carbons (Fsp3) is 0.304. The van der Waals surface area contributed by atoms with E-state index in [1.54, 1.807) is 6.08 Å². The van der Waals surface area contributed by atoms with Gasteiger partial charge in [0.15, 0.2) is 0 Å². The predicted molar refractivity (Wildman–Crippen MR) is 111 cm³/mol. The van der Waals surface area contributed by atoms with Crippen molar-refractivity contribution in [3.63, 3.8) is 0 Å². The van der Waals surface area contributed by atoms with Crippen molar-refractivity contribution in [1.82, 2.24) is 15.1 Å². The number of carbonyl (C=O) groups excluding carboxylic acids is 2. The Kier molecular flexibility index (Phi) is 6.61. The van der Waals surface area contributed by atoms with Gasteiger partial charge in [0.05, 0.1) is 0 Å². The van der Waals surface area contributed by atoms with E-state index in [0.717, 1.165) is 25.2 Å². The van der Waals surface area contributed by atoms with Crippen LogP contribution >= 0.6 is 0 Å². The Labute approximate surface area is 166 Å². The summed E-state index contributed by atoms with van der Waals surface area (Å²) in [5.74, 6) is -0.372. The number of nitrogens with one attached hydrogen (secondary N) is 1. The van der Waals surface area contributed by atoms with Gasteiger partial charge in [0.1, 0.15) is 5.70 Å². The molecule has 0 atom stereocenters. The molecule has 3 rings (SSSR count). The van der Waals surface area contributed by atoms with Crippen LogP contribution in [0.15, 0.2) is 60.3 Å². The van der Waals surface area contributed by atoms with Crippen molar-refractivity contribution >= 4 is 17.9 Å². The van der Waals surface area contributed by atoms with Crippen molar-refractivity contribution < 1.29 is 9.59 Å². The number of hydrogen-bond acceptors (Lipinski definition) is 3. The van der Waals surface area contributed by atoms with Gasteiger partial charge >= 0.3 is 0 Å². The Bertz CT molecular complexity index is 853. The maximum Gasteiger partial charge on any atom is 0.270 e. The predicted octanol–water partition coefficient (Wildman–Crippen LogP) is 2.82. The first-order valence-electron chi connectivity index (χ1n) is 9.63. The van der Waals surface area contributed by atoms with Gasteiger partial charge in [-0.3, -0.25) is 14.5 Å². The molecule has 0 radical (unpaired) electrons. The molecule has 0 aromatic heterocycles. The molecule has 28 heavy (non-hydrogen) atoms. The standard InChI is InChI=1S/C23H27N3O2/c1-18-8-6-7-11-21(18)17-25-12-14-26(15-13-25)23(28)22(24-19(2)27)16-20-9-4-3-5-10-20/h3-11,16H,12-15,17H2,1-2H3,(H,24,27)/b22-16-. The van der Waals surface area contributed by atoms with Gasteiger partial charge in [-0.15, -0.1) is 0 Å². The molecule has 1 N–H and O–H groups in total. The third-order valence-electron chi connectivity index (χ3n) is 4.97. The third-order valence-corrected chi connectivity index (χ3v) is 4.97. The van der Waals surface area contributed by atoms with E-state index < -0.39 is 0 Å². The Morgan fingerprint density at radius 3 is 2.25 bits per heavy atom. The van der Waals surface area contributed by atoms with Crippen LogP contribution in [0, 0.1) is 6.92 Å². The maximum atomic E-state index is 13.0. The van der Waals surface area contributed by atoms with Gasteiger partial charge < -0.3 is 10.2 Å². The van der Waals surface area contributed by atoms with Crippen molar-refractivity contribution in [3.8, 4) is 0 Å². The summed E-state index contributed by atoms with van der Waals surface area (Å²) in [6.07, 6.45) is 1.74. The monoisotopic (exact) mass is 377 g/mol. The molecule has 1 heterocycles. The minimum atomic E-state index is -0.242. The smallest absolute Gasteiger partial charge is 0.270 e. The van der Waals surface area contributed by atoms with E-state index in [1.807, 2.05) is 35.2 Å². The summed E-state index contributed by atoms with van der Waals surface area (Å²) in [5, 5.41) is 2.70. The average molecular weight is 377 g/mol. The number of nitrogens with zero attached hydrogens (tertiary/aromatic N) is 2. The molecular formula is C23H27N3O2. The van der Waals surface area contributed by atoms with E-state index in [-0.39, 0.29) is 11.8 Å². The summed E-state index contributed by atoms with van der Waals surface area (Å²) < 4.78 is 0. The largest absolute Gasteiger partial charge is 0.335 e. The first-order valence-corrected chi connectivity index (χ1v) is 9.63. The molecule has 1 saturated heterocycles. The van der Waals surface area contributed by atoms with Crippen LogP contribution in [0.4, 0.5) is 0 Å². The number of piperazine rings is 1. The summed E-state index contributed by atoms with van der Waals surface area (Å²) in [5.41, 5.74) is 3.83. The topological polar surface area (TPSA) is 52.7 Å². The zero-order valence-electron chi connectivity index (χ0n) is 16.5. The van der Waals surface area contributed by atoms with Gasteiger partial charge in [0.25, 0.3) is 5.91 Å². The van der Waals surface area contributed by atoms with Gasteiger partial charge in [0.2, 0.25) is 5.91 Å². The van der Waals surface area contributed by atoms with Gasteiger partial charge in [0, 0.05) is 39.6 Å². The molecule has 0 spiro atoms. The normalized spacial score (nSPS) is 15.4. The van der Waals surface area contributed by atoms with Crippen molar-refractivity contribution in [1.29, 1.82) is 0 Å². The number of benzene rings is 2. The fourth-order valence-corrected chi connectivity index (χ4v) is 3.36. The van der Waals surface area contributed by atoms with Crippen LogP contribution in [0.5, 0.6) is 0 Å². The molecule has 2 amide bonds. The van der Waals surface area contributed by atoms with Crippen LogP contribution in [-0.4, -0.2) is 47.8 Å². The highest BCUT2D eigenvalue weighted by Gasteiger charge is 2.24. The lowest BCUT2D eigenvalue weighted by atomic mass is 10.1. The van der Waals surface area contributed by atoms with Crippen LogP contribution in [0.1, 0.15) is 23.6 Å². The van der Waals surface area contributed by atoms with E-state index in [1.165, 1.54) is 18.1 Å². The SMILES string of the molecule is CC(=O)N/C(=C\c1ccccc1)C(=O)N1CCN(Cc2ccccc2C)CC1. The molecule has 0 unspecified atom stereocenters. The van der Waals surface area contributed by atoms with Crippen LogP contribution < -0.4 is 5.32 Å². The maximum absolute atomic E-state index is 13.0. The average Bonchev–Trinajstić information content (AvgIpc) is 2.70. The zero-order valence-corrected chi connectivity index (χ0v) is 16.5. The van der Waals surface area contributed by atoms with Crippen LogP contribution in [0.3, 0.4) is 0 Å². The summed E-state index contributed by atoms with van der Waals surface area (Å²) in [7, 11) is 0. The molecule has 146 valence electrons. The summed E-state index contributed by atoms with van der Waals surface area (Å²) in [6.45, 7) is 7.38. The van der Waals surface area contributed by atoms with E-state index in [9.17, 15) is 9.59 Å². The lowest BCUT2D eigenvalue weighted by Gasteiger charge is -2.35. The Morgan fingerprint density at radius 2 is 1.61 bits per heavy atom. The lowest BCUT2D eigenvalue weighted by Crippen LogP contribution is -2.50. The first-order chi connectivity index (χ1) is 13.5. The number of amides is 2. The molecule has 1 aliphatic heterocycles. The van der Waals surface area contributed by atoms with Crippen molar-refractivity contribution in [3.05, 3.63) is 77.0 Å². The quantitative estimate of drug-likeness (QED) is 0.816. The minimum Gasteiger partial charge on any atom is -0.335 e. The zero-order chi connectivity index (χ0) is 19.9. The van der Waals surface area contributed by atoms with Crippen LogP contribution in [0.25, 0.3) is 6.08 Å². The van der Waals surface area contributed by atoms with Gasteiger partial charge in [-0.2, -0.15) is 0 Å². The number of carbonyl (C=O) groups is 2. The second kappa shape index (κ2) is 9.33. The molecule has 2 aromatic carbocycles. The van der Waals surface area contributed by atoms with E-state index >= 15 is 0 Å². The number of rotatable bonds is 5. The molecule has 0 saturated carbocycles. The highest BCUT2D eigenvalue weighted by molar-refractivity contribution is 6.01. The van der Waals surface area contributed by atoms with E-state index in [0.29, 0.717) is 18.8 Å². The van der Waals surface area contributed by atoms with Gasteiger partial charge in [-0.25, -0.2) is 0 Å². The summed E-state index contributed by atoms with van der Waals surface area (Å²) >= 11 is 0. The van der Waals surface area contributed by atoms with Gasteiger partial charge in [-0.05, 0) is 29.7 Å². The van der Waals surface area contributed by atoms with E-state index in [4.69, 9.17) is 0 Å². The molecular weight excluding hydrogens is 350 g/mol. The number of hydrogen-bond donors (Lipinski definition) is 1. The molecule has 1 aliphatic rings. The van der Waals surface area contributed by atoms with Gasteiger partial charge in [-0.1, -0.05) is 54.6 Å². The summed E-state index contributed by atoms with van der Waals surface area (Å²) in [4.78, 5) is 28.8. The van der Waals surface area contributed by atoms with Crippen molar-refractivity contribution in [2.45, 2.75) is 20.4 Å². The van der Waals surface area contributed by atoms with Crippen LogP contribution in [0.2, 0.25) is 0 Å². The highest BCUT2D eigenvalue weighted by atomic mass is 16.2. The molecule has 5 nitrogen and oxygen atoms in total. The Balaban J connectivity index is 1.64. The molecule has 0 bridgehead atoms. The lowest BCUT2D eigenvalue weighted by molar-refractivity contribution is -0.130. The van der Waals surface area contributed by atoms with Crippen molar-refractivity contribution in [2.24, 2.45) is 0 Å². The molecule has 5 heteroatoms. The van der Waals surface area contributed by atoms with Crippen LogP contribution in [-0.2, 0) is 16.1 Å². The third kappa shape index (κ3) is 5.30. The van der Waals surface area contributed by atoms with Crippen molar-refractivity contribution in [2.75, 3.05) is 26.2 Å². The molecule has 0 aliphatic carbocycles. The Morgan fingerprint density at radius 1 is 0.964 bits per heavy atom. The summed E-state index contributed by atoms with van der Waals surface area (Å²) in [6, 6.07) is 18.0. The molecule has 2 aromatic rings.